The molecule has 0 aromatic heterocycles. The highest BCUT2D eigenvalue weighted by Crippen LogP contribution is 2.38. The number of amides is 3. The summed E-state index contributed by atoms with van der Waals surface area (Å²) in [5.74, 6) is -1.21. The summed E-state index contributed by atoms with van der Waals surface area (Å²) in [5.41, 5.74) is 3.98. The van der Waals surface area contributed by atoms with Gasteiger partial charge in [0.1, 0.15) is 6.04 Å². The van der Waals surface area contributed by atoms with Gasteiger partial charge in [-0.3, -0.25) is 14.4 Å². The van der Waals surface area contributed by atoms with Crippen molar-refractivity contribution in [1.82, 2.24) is 4.31 Å². The largest absolute Gasteiger partial charge is 0.326 e. The highest BCUT2D eigenvalue weighted by atomic mass is 32.2. The van der Waals surface area contributed by atoms with Crippen LogP contribution in [0.3, 0.4) is 0 Å². The minimum absolute atomic E-state index is 0.203. The van der Waals surface area contributed by atoms with Crippen molar-refractivity contribution >= 4 is 39.1 Å². The van der Waals surface area contributed by atoms with E-state index in [1.165, 1.54) is 11.2 Å². The van der Waals surface area contributed by atoms with Crippen molar-refractivity contribution in [2.75, 3.05) is 10.2 Å². The molecule has 192 valence electrons. The van der Waals surface area contributed by atoms with Crippen LogP contribution >= 0.6 is 0 Å². The molecule has 1 saturated carbocycles. The van der Waals surface area contributed by atoms with E-state index in [4.69, 9.17) is 0 Å². The van der Waals surface area contributed by atoms with Crippen molar-refractivity contribution in [3.8, 4) is 0 Å². The van der Waals surface area contributed by atoms with E-state index < -0.39 is 27.9 Å². The first-order valence-electron chi connectivity index (χ1n) is 12.3. The summed E-state index contributed by atoms with van der Waals surface area (Å²) in [4.78, 5) is 39.4. The van der Waals surface area contributed by atoms with Crippen LogP contribution in [0.15, 0.2) is 35.2 Å². The minimum Gasteiger partial charge on any atom is -0.326 e. The lowest BCUT2D eigenvalue weighted by Gasteiger charge is -2.33. The van der Waals surface area contributed by atoms with Gasteiger partial charge >= 0.3 is 0 Å². The molecule has 0 radical (unpaired) electrons. The van der Waals surface area contributed by atoms with Gasteiger partial charge in [0.25, 0.3) is 5.91 Å². The van der Waals surface area contributed by atoms with Gasteiger partial charge in [0.15, 0.2) is 0 Å². The number of nitrogens with zero attached hydrogens (tertiary/aromatic N) is 2. The molecule has 8 nitrogen and oxygen atoms in total. The van der Waals surface area contributed by atoms with E-state index in [0.29, 0.717) is 35.3 Å². The lowest BCUT2D eigenvalue weighted by Crippen LogP contribution is -2.50. The quantitative estimate of drug-likeness (QED) is 0.587. The zero-order chi connectivity index (χ0) is 26.4. The first-order chi connectivity index (χ1) is 16.9. The molecular formula is C27H33N3O5S. The second-order valence-electron chi connectivity index (χ2n) is 9.88. The number of hydrogen-bond acceptors (Lipinski definition) is 5. The average molecular weight is 512 g/mol. The minimum atomic E-state index is -4.07. The van der Waals surface area contributed by atoms with E-state index in [0.717, 1.165) is 28.9 Å². The number of nitrogens with one attached hydrogen (secondary N) is 1. The van der Waals surface area contributed by atoms with Gasteiger partial charge in [-0.25, -0.2) is 13.3 Å². The third-order valence-corrected chi connectivity index (χ3v) is 9.63. The van der Waals surface area contributed by atoms with Crippen LogP contribution in [0.1, 0.15) is 61.3 Å². The van der Waals surface area contributed by atoms with Crippen LogP contribution in [0.5, 0.6) is 0 Å². The molecule has 2 aromatic rings. The van der Waals surface area contributed by atoms with Gasteiger partial charge in [-0.1, -0.05) is 18.9 Å². The van der Waals surface area contributed by atoms with Crippen molar-refractivity contribution in [2.24, 2.45) is 0 Å². The van der Waals surface area contributed by atoms with E-state index in [1.54, 1.807) is 38.1 Å². The molecule has 3 amide bonds. The lowest BCUT2D eigenvalue weighted by molar-refractivity contribution is -0.122. The number of imide groups is 1. The van der Waals surface area contributed by atoms with Crippen LogP contribution in [-0.4, -0.2) is 42.5 Å². The topological polar surface area (TPSA) is 104 Å². The number of rotatable bonds is 6. The Morgan fingerprint density at radius 3 is 2.06 bits per heavy atom. The van der Waals surface area contributed by atoms with Gasteiger partial charge < -0.3 is 5.32 Å². The maximum atomic E-state index is 14.3. The van der Waals surface area contributed by atoms with Gasteiger partial charge in [0.05, 0.1) is 17.0 Å². The second-order valence-corrected chi connectivity index (χ2v) is 11.7. The molecule has 36 heavy (non-hydrogen) atoms. The first-order valence-corrected chi connectivity index (χ1v) is 13.7. The summed E-state index contributed by atoms with van der Waals surface area (Å²) >= 11 is 0. The standard InChI is InChI=1S/C27H33N3O5S/c1-16-14-17(2)19(4)26(18(16)3)36(34,35)30(23-8-6-7-9-23)24-15-25(32)29(27(24)33)22-12-10-21(11-13-22)28-20(5)31/h10-14,23-24H,6-9,15H2,1-5H3,(H,28,31). The fourth-order valence-corrected chi connectivity index (χ4v) is 7.84. The van der Waals surface area contributed by atoms with Crippen LogP contribution in [0.4, 0.5) is 11.4 Å². The summed E-state index contributed by atoms with van der Waals surface area (Å²) in [6.45, 7) is 8.76. The SMILES string of the molecule is CC(=O)Nc1ccc(N2C(=O)CC(N(C3CCCC3)S(=O)(=O)c3c(C)c(C)cc(C)c3C)C2=O)cc1. The van der Waals surface area contributed by atoms with Crippen LogP contribution in [0, 0.1) is 27.7 Å². The van der Waals surface area contributed by atoms with E-state index in [-0.39, 0.29) is 23.3 Å². The van der Waals surface area contributed by atoms with Crippen LogP contribution in [-0.2, 0) is 24.4 Å². The molecule has 9 heteroatoms. The first kappa shape index (κ1) is 26.0. The molecule has 1 unspecified atom stereocenters. The van der Waals surface area contributed by atoms with E-state index in [1.807, 2.05) is 19.9 Å². The fourth-order valence-electron chi connectivity index (χ4n) is 5.43. The Hall–Kier alpha value is -3.04. The van der Waals surface area contributed by atoms with Gasteiger partial charge in [0.2, 0.25) is 21.8 Å². The molecule has 4 rings (SSSR count). The number of aryl methyl sites for hydroxylation is 2. The molecule has 2 fully saturated rings. The molecule has 1 N–H and O–H groups in total. The molecular weight excluding hydrogens is 478 g/mol. The number of carbonyl (C=O) groups is 3. The van der Waals surface area contributed by atoms with Gasteiger partial charge in [-0.05, 0) is 87.1 Å². The molecule has 1 heterocycles. The molecule has 1 atom stereocenters. The summed E-state index contributed by atoms with van der Waals surface area (Å²) in [5, 5.41) is 2.65. The predicted octanol–water partition coefficient (Wildman–Crippen LogP) is 4.14. The zero-order valence-electron chi connectivity index (χ0n) is 21.4. The smallest absolute Gasteiger partial charge is 0.252 e. The van der Waals surface area contributed by atoms with Crippen molar-refractivity contribution in [3.63, 3.8) is 0 Å². The highest BCUT2D eigenvalue weighted by molar-refractivity contribution is 7.89. The Labute approximate surface area is 212 Å². The maximum Gasteiger partial charge on any atom is 0.252 e. The zero-order valence-corrected chi connectivity index (χ0v) is 22.2. The van der Waals surface area contributed by atoms with Gasteiger partial charge in [-0.2, -0.15) is 4.31 Å². The number of anilines is 2. The number of hydrogen-bond donors (Lipinski definition) is 1. The normalized spacial score (nSPS) is 18.9. The average Bonchev–Trinajstić information content (AvgIpc) is 3.41. The fraction of sp³-hybridized carbons (Fsp3) is 0.444. The third kappa shape index (κ3) is 4.57. The maximum absolute atomic E-state index is 14.3. The highest BCUT2D eigenvalue weighted by Gasteiger charge is 2.50. The summed E-state index contributed by atoms with van der Waals surface area (Å²) in [7, 11) is -4.07. The molecule has 1 aliphatic heterocycles. The molecule has 1 saturated heterocycles. The number of sulfonamides is 1. The monoisotopic (exact) mass is 511 g/mol. The van der Waals surface area contributed by atoms with Crippen molar-refractivity contribution < 1.29 is 22.8 Å². The van der Waals surface area contributed by atoms with Gasteiger partial charge in [0, 0.05) is 18.7 Å². The number of benzene rings is 2. The van der Waals surface area contributed by atoms with Crippen LogP contribution < -0.4 is 10.2 Å². The van der Waals surface area contributed by atoms with Crippen molar-refractivity contribution in [3.05, 3.63) is 52.6 Å². The predicted molar refractivity (Wildman–Crippen MR) is 138 cm³/mol. The molecule has 0 spiro atoms. The van der Waals surface area contributed by atoms with E-state index >= 15 is 0 Å². The van der Waals surface area contributed by atoms with E-state index in [9.17, 15) is 22.8 Å². The Morgan fingerprint density at radius 1 is 0.972 bits per heavy atom. The van der Waals surface area contributed by atoms with Crippen molar-refractivity contribution in [2.45, 2.75) is 83.7 Å². The second kappa shape index (κ2) is 9.78. The summed E-state index contributed by atoms with van der Waals surface area (Å²) in [6, 6.07) is 6.92. The summed E-state index contributed by atoms with van der Waals surface area (Å²) < 4.78 is 29.9. The Bertz CT molecular complexity index is 1300. The lowest BCUT2D eigenvalue weighted by atomic mass is 10.0. The Kier molecular flexibility index (Phi) is 7.07. The Morgan fingerprint density at radius 2 is 1.53 bits per heavy atom. The summed E-state index contributed by atoms with van der Waals surface area (Å²) in [6.07, 6.45) is 2.87. The van der Waals surface area contributed by atoms with Gasteiger partial charge in [-0.15, -0.1) is 0 Å². The molecule has 1 aliphatic carbocycles. The number of carbonyl (C=O) groups excluding carboxylic acids is 3. The van der Waals surface area contributed by atoms with Crippen LogP contribution in [0.25, 0.3) is 0 Å². The molecule has 2 aliphatic rings. The molecule has 2 aromatic carbocycles. The van der Waals surface area contributed by atoms with Crippen molar-refractivity contribution in [1.29, 1.82) is 0 Å². The van der Waals surface area contributed by atoms with Crippen LogP contribution in [0.2, 0.25) is 0 Å². The van der Waals surface area contributed by atoms with E-state index in [2.05, 4.69) is 5.32 Å². The molecule has 0 bridgehead atoms. The third-order valence-electron chi connectivity index (χ3n) is 7.39. The Balaban J connectivity index is 1.76.